The summed E-state index contributed by atoms with van der Waals surface area (Å²) in [5.74, 6) is 1.51. The van der Waals surface area contributed by atoms with E-state index >= 15 is 0 Å². The fraction of sp³-hybridized carbons (Fsp3) is 0.467. The number of ether oxygens (including phenoxy) is 2. The largest absolute Gasteiger partial charge is 0.493 e. The first-order valence-corrected chi connectivity index (χ1v) is 7.37. The van der Waals surface area contributed by atoms with Crippen LogP contribution >= 0.6 is 12.2 Å². The molecule has 2 aliphatic rings. The Morgan fingerprint density at radius 3 is 2.43 bits per heavy atom. The van der Waals surface area contributed by atoms with E-state index in [0.29, 0.717) is 36.1 Å². The Morgan fingerprint density at radius 1 is 1.24 bits per heavy atom. The molecule has 6 heteroatoms. The van der Waals surface area contributed by atoms with Crippen molar-refractivity contribution in [3.05, 3.63) is 23.3 Å². The third-order valence-corrected chi connectivity index (χ3v) is 4.63. The highest BCUT2D eigenvalue weighted by Crippen LogP contribution is 2.36. The van der Waals surface area contributed by atoms with Gasteiger partial charge in [0.2, 0.25) is 0 Å². The van der Waals surface area contributed by atoms with Crippen LogP contribution in [0.2, 0.25) is 0 Å². The Morgan fingerprint density at radius 2 is 1.86 bits per heavy atom. The lowest BCUT2D eigenvalue weighted by Crippen LogP contribution is -2.40. The van der Waals surface area contributed by atoms with Crippen LogP contribution in [0, 0.1) is 0 Å². The second-order valence-corrected chi connectivity index (χ2v) is 5.55. The second kappa shape index (κ2) is 5.18. The van der Waals surface area contributed by atoms with Crippen molar-refractivity contribution >= 4 is 23.2 Å². The number of carbonyl (C=O) groups excluding carboxylic acids is 1. The molecule has 21 heavy (non-hydrogen) atoms. The summed E-state index contributed by atoms with van der Waals surface area (Å²) in [6.45, 7) is 3.21. The van der Waals surface area contributed by atoms with Crippen molar-refractivity contribution in [2.24, 2.45) is 0 Å². The highest BCUT2D eigenvalue weighted by molar-refractivity contribution is 7.80. The van der Waals surface area contributed by atoms with Crippen LogP contribution in [0.3, 0.4) is 0 Å². The van der Waals surface area contributed by atoms with Gasteiger partial charge in [-0.1, -0.05) is 0 Å². The van der Waals surface area contributed by atoms with Gasteiger partial charge in [0.1, 0.15) is 6.04 Å². The molecule has 1 saturated heterocycles. The summed E-state index contributed by atoms with van der Waals surface area (Å²) in [6, 6.07) is 3.77. The van der Waals surface area contributed by atoms with Gasteiger partial charge in [-0.25, -0.2) is 0 Å². The maximum Gasteiger partial charge on any atom is 0.251 e. The zero-order valence-electron chi connectivity index (χ0n) is 12.4. The molecule has 0 aliphatic carbocycles. The zero-order chi connectivity index (χ0) is 15.1. The number of nitrogens with zero attached hydrogens (tertiary/aromatic N) is 2. The monoisotopic (exact) mass is 306 g/mol. The standard InChI is InChI=1S/C15H18N2O3S/c1-4-16-14(18)11-5-9-6-12(19-2)13(20-3)7-10(9)8-17(11)15(16)21/h6-7,11H,4-5,8H2,1-3H3/t11-/m1/s1. The van der Waals surface area contributed by atoms with Gasteiger partial charge in [0, 0.05) is 19.5 Å². The summed E-state index contributed by atoms with van der Waals surface area (Å²) in [7, 11) is 3.24. The molecular weight excluding hydrogens is 288 g/mol. The minimum atomic E-state index is -0.178. The predicted octanol–water partition coefficient (Wildman–Crippen LogP) is 1.58. The Kier molecular flexibility index (Phi) is 3.49. The lowest BCUT2D eigenvalue weighted by atomic mass is 9.94. The van der Waals surface area contributed by atoms with Gasteiger partial charge in [-0.2, -0.15) is 0 Å². The predicted molar refractivity (Wildman–Crippen MR) is 82.6 cm³/mol. The summed E-state index contributed by atoms with van der Waals surface area (Å²) in [5, 5.41) is 0.632. The van der Waals surface area contributed by atoms with Crippen LogP contribution in [0.1, 0.15) is 18.1 Å². The van der Waals surface area contributed by atoms with Gasteiger partial charge in [0.05, 0.1) is 14.2 Å². The lowest BCUT2D eigenvalue weighted by molar-refractivity contribution is -0.128. The van der Waals surface area contributed by atoms with Gasteiger partial charge in [-0.3, -0.25) is 9.69 Å². The van der Waals surface area contributed by atoms with E-state index < -0.39 is 0 Å². The average molecular weight is 306 g/mol. The minimum absolute atomic E-state index is 0.0999. The smallest absolute Gasteiger partial charge is 0.251 e. The summed E-state index contributed by atoms with van der Waals surface area (Å²) < 4.78 is 10.7. The SMILES string of the molecule is CCN1C(=O)[C@H]2Cc3cc(OC)c(OC)cc3CN2C1=S. The Bertz CT molecular complexity index is 566. The molecule has 3 rings (SSSR count). The van der Waals surface area contributed by atoms with E-state index in [1.54, 1.807) is 19.1 Å². The van der Waals surface area contributed by atoms with Crippen molar-refractivity contribution in [1.29, 1.82) is 0 Å². The first-order valence-electron chi connectivity index (χ1n) is 6.96. The van der Waals surface area contributed by atoms with Gasteiger partial charge in [0.15, 0.2) is 16.6 Å². The summed E-state index contributed by atoms with van der Waals surface area (Å²) in [5.41, 5.74) is 2.26. The van der Waals surface area contributed by atoms with Crippen LogP contribution in [0.5, 0.6) is 11.5 Å². The fourth-order valence-electron chi connectivity index (χ4n) is 3.05. The van der Waals surface area contributed by atoms with Crippen LogP contribution < -0.4 is 9.47 Å². The quantitative estimate of drug-likeness (QED) is 0.793. The molecule has 0 saturated carbocycles. The molecule has 1 atom stereocenters. The van der Waals surface area contributed by atoms with Crippen molar-refractivity contribution in [2.75, 3.05) is 20.8 Å². The molecule has 0 N–H and O–H groups in total. The van der Waals surface area contributed by atoms with Crippen molar-refractivity contribution in [3.63, 3.8) is 0 Å². The molecule has 1 aromatic carbocycles. The number of methoxy groups -OCH3 is 2. The molecule has 1 aromatic rings. The number of fused-ring (bicyclic) bond motifs is 2. The summed E-state index contributed by atoms with van der Waals surface area (Å²) in [6.07, 6.45) is 0.658. The van der Waals surface area contributed by atoms with Crippen LogP contribution in [-0.4, -0.2) is 47.6 Å². The molecule has 5 nitrogen and oxygen atoms in total. The Hall–Kier alpha value is -1.82. The van der Waals surface area contributed by atoms with Gasteiger partial charge in [-0.05, 0) is 42.4 Å². The molecule has 1 fully saturated rings. The van der Waals surface area contributed by atoms with E-state index in [1.807, 2.05) is 24.0 Å². The molecule has 0 spiro atoms. The molecule has 0 radical (unpaired) electrons. The molecule has 2 heterocycles. The van der Waals surface area contributed by atoms with Crippen LogP contribution in [0.4, 0.5) is 0 Å². The number of hydrogen-bond acceptors (Lipinski definition) is 4. The van der Waals surface area contributed by atoms with Crippen LogP contribution in [0.25, 0.3) is 0 Å². The molecule has 1 amide bonds. The number of amides is 1. The highest BCUT2D eigenvalue weighted by atomic mass is 32.1. The first kappa shape index (κ1) is 14.1. The molecule has 2 aliphatic heterocycles. The highest BCUT2D eigenvalue weighted by Gasteiger charge is 2.44. The number of likely N-dealkylation sites (N-methyl/N-ethyl adjacent to an activating group) is 1. The molecule has 0 aromatic heterocycles. The topological polar surface area (TPSA) is 42.0 Å². The maximum atomic E-state index is 12.4. The maximum absolute atomic E-state index is 12.4. The fourth-order valence-corrected chi connectivity index (χ4v) is 3.47. The van der Waals surface area contributed by atoms with E-state index in [0.717, 1.165) is 11.1 Å². The average Bonchev–Trinajstić information content (AvgIpc) is 2.74. The van der Waals surface area contributed by atoms with Gasteiger partial charge < -0.3 is 14.4 Å². The van der Waals surface area contributed by atoms with E-state index in [2.05, 4.69) is 0 Å². The van der Waals surface area contributed by atoms with Crippen molar-refractivity contribution in [2.45, 2.75) is 25.9 Å². The number of benzene rings is 1. The van der Waals surface area contributed by atoms with Crippen LogP contribution in [-0.2, 0) is 17.8 Å². The summed E-state index contributed by atoms with van der Waals surface area (Å²) >= 11 is 5.43. The first-order chi connectivity index (χ1) is 10.1. The van der Waals surface area contributed by atoms with Crippen molar-refractivity contribution in [1.82, 2.24) is 9.80 Å². The third-order valence-electron chi connectivity index (χ3n) is 4.18. The number of carbonyl (C=O) groups is 1. The van der Waals surface area contributed by atoms with E-state index in [9.17, 15) is 4.79 Å². The molecule has 0 unspecified atom stereocenters. The van der Waals surface area contributed by atoms with Gasteiger partial charge >= 0.3 is 0 Å². The minimum Gasteiger partial charge on any atom is -0.493 e. The number of rotatable bonds is 3. The zero-order valence-corrected chi connectivity index (χ0v) is 13.2. The molecular formula is C15H18N2O3S. The van der Waals surface area contributed by atoms with Crippen molar-refractivity contribution in [3.8, 4) is 11.5 Å². The Labute approximate surface area is 129 Å². The molecule has 0 bridgehead atoms. The lowest BCUT2D eigenvalue weighted by Gasteiger charge is -2.31. The second-order valence-electron chi connectivity index (χ2n) is 5.19. The number of hydrogen-bond donors (Lipinski definition) is 0. The third kappa shape index (κ3) is 2.05. The van der Waals surface area contributed by atoms with E-state index in [-0.39, 0.29) is 11.9 Å². The molecule has 112 valence electrons. The Balaban J connectivity index is 2.00. The van der Waals surface area contributed by atoms with Crippen LogP contribution in [0.15, 0.2) is 12.1 Å². The number of thiocarbonyl (C=S) groups is 1. The summed E-state index contributed by atoms with van der Waals surface area (Å²) in [4.78, 5) is 16.1. The van der Waals surface area contributed by atoms with E-state index in [4.69, 9.17) is 21.7 Å². The normalized spacial score (nSPS) is 20.4. The van der Waals surface area contributed by atoms with Crippen molar-refractivity contribution < 1.29 is 14.3 Å². The van der Waals surface area contributed by atoms with E-state index in [1.165, 1.54) is 0 Å². The van der Waals surface area contributed by atoms with Gasteiger partial charge in [-0.15, -0.1) is 0 Å². The van der Waals surface area contributed by atoms with Gasteiger partial charge in [0.25, 0.3) is 5.91 Å².